The van der Waals surface area contributed by atoms with E-state index in [4.69, 9.17) is 23.2 Å². The van der Waals surface area contributed by atoms with Crippen molar-refractivity contribution in [2.45, 2.75) is 6.54 Å². The third-order valence-corrected chi connectivity index (χ3v) is 3.57. The van der Waals surface area contributed by atoms with Crippen molar-refractivity contribution in [3.05, 3.63) is 52.8 Å². The Balaban J connectivity index is 2.05. The van der Waals surface area contributed by atoms with Crippen molar-refractivity contribution in [1.82, 2.24) is 0 Å². The average Bonchev–Trinajstić information content (AvgIpc) is 2.43. The molecule has 2 aromatic rings. The third-order valence-electron chi connectivity index (χ3n) is 2.94. The van der Waals surface area contributed by atoms with E-state index in [0.717, 1.165) is 5.69 Å². The van der Waals surface area contributed by atoms with Gasteiger partial charge in [0, 0.05) is 31.9 Å². The lowest BCUT2D eigenvalue weighted by molar-refractivity contribution is -0.684. The van der Waals surface area contributed by atoms with E-state index in [1.165, 1.54) is 0 Å². The molecule has 0 unspecified atom stereocenters. The topological polar surface area (TPSA) is 36.2 Å². The van der Waals surface area contributed by atoms with Crippen LogP contribution in [-0.4, -0.2) is 20.0 Å². The molecule has 0 saturated carbocycles. The largest absolute Gasteiger partial charge is 0.377 e. The first-order chi connectivity index (χ1) is 9.97. The maximum absolute atomic E-state index is 12.0. The zero-order valence-electron chi connectivity index (χ0n) is 11.8. The second-order valence-corrected chi connectivity index (χ2v) is 5.58. The predicted octanol–water partition coefficient (Wildman–Crippen LogP) is 2.99. The van der Waals surface area contributed by atoms with Gasteiger partial charge in [0.05, 0.1) is 15.7 Å². The molecular formula is C15H16Cl2N3O+. The van der Waals surface area contributed by atoms with E-state index in [9.17, 15) is 4.79 Å². The Bertz CT molecular complexity index is 622. The van der Waals surface area contributed by atoms with Crippen LogP contribution in [0.1, 0.15) is 0 Å². The van der Waals surface area contributed by atoms with E-state index in [0.29, 0.717) is 15.7 Å². The van der Waals surface area contributed by atoms with Gasteiger partial charge >= 0.3 is 0 Å². The van der Waals surface area contributed by atoms with Crippen molar-refractivity contribution in [3.63, 3.8) is 0 Å². The fourth-order valence-corrected chi connectivity index (χ4v) is 2.31. The molecule has 2 rings (SSSR count). The highest BCUT2D eigenvalue weighted by Gasteiger charge is 2.13. The predicted molar refractivity (Wildman–Crippen MR) is 86.1 cm³/mol. The first kappa shape index (κ1) is 15.6. The number of para-hydroxylation sites is 1. The highest BCUT2D eigenvalue weighted by molar-refractivity contribution is 6.39. The summed E-state index contributed by atoms with van der Waals surface area (Å²) in [5.41, 5.74) is 1.51. The van der Waals surface area contributed by atoms with Gasteiger partial charge in [-0.05, 0) is 12.1 Å². The lowest BCUT2D eigenvalue weighted by atomic mass is 10.3. The van der Waals surface area contributed by atoms with Crippen LogP contribution in [0.2, 0.25) is 10.0 Å². The van der Waals surface area contributed by atoms with Gasteiger partial charge < -0.3 is 10.2 Å². The van der Waals surface area contributed by atoms with E-state index in [2.05, 4.69) is 5.32 Å². The molecule has 0 bridgehead atoms. The number of hydrogen-bond acceptors (Lipinski definition) is 2. The number of pyridine rings is 1. The quantitative estimate of drug-likeness (QED) is 0.878. The number of hydrogen-bond donors (Lipinski definition) is 1. The van der Waals surface area contributed by atoms with Gasteiger partial charge in [0.1, 0.15) is 0 Å². The molecule has 1 amide bonds. The van der Waals surface area contributed by atoms with Crippen molar-refractivity contribution >= 4 is 40.5 Å². The number of nitrogens with one attached hydrogen (secondary N) is 1. The highest BCUT2D eigenvalue weighted by atomic mass is 35.5. The van der Waals surface area contributed by atoms with Gasteiger partial charge in [-0.25, -0.2) is 0 Å². The summed E-state index contributed by atoms with van der Waals surface area (Å²) in [4.78, 5) is 14.0. The Kier molecular flexibility index (Phi) is 5.04. The van der Waals surface area contributed by atoms with Crippen LogP contribution in [0.15, 0.2) is 42.7 Å². The summed E-state index contributed by atoms with van der Waals surface area (Å²) < 4.78 is 1.78. The SMILES string of the molecule is CN(C)c1cc[n+](CC(=O)Nc2c(Cl)cccc2Cl)cc1. The Labute approximate surface area is 133 Å². The van der Waals surface area contributed by atoms with Crippen LogP contribution in [0.3, 0.4) is 0 Å². The highest BCUT2D eigenvalue weighted by Crippen LogP contribution is 2.29. The van der Waals surface area contributed by atoms with Gasteiger partial charge in [0.2, 0.25) is 6.54 Å². The normalized spacial score (nSPS) is 10.3. The number of amides is 1. The molecule has 6 heteroatoms. The third kappa shape index (κ3) is 4.09. The smallest absolute Gasteiger partial charge is 0.290 e. The molecule has 0 atom stereocenters. The van der Waals surface area contributed by atoms with Crippen LogP contribution in [0, 0.1) is 0 Å². The summed E-state index contributed by atoms with van der Waals surface area (Å²) >= 11 is 12.0. The first-order valence-electron chi connectivity index (χ1n) is 6.37. The number of benzene rings is 1. The van der Waals surface area contributed by atoms with Gasteiger partial charge in [-0.1, -0.05) is 29.3 Å². The van der Waals surface area contributed by atoms with Gasteiger partial charge in [-0.3, -0.25) is 4.79 Å². The number of carbonyl (C=O) groups excluding carboxylic acids is 1. The van der Waals surface area contributed by atoms with Gasteiger partial charge in [0.15, 0.2) is 12.4 Å². The second-order valence-electron chi connectivity index (χ2n) is 4.77. The van der Waals surface area contributed by atoms with Crippen LogP contribution >= 0.6 is 23.2 Å². The van der Waals surface area contributed by atoms with Crippen LogP contribution < -0.4 is 14.8 Å². The van der Waals surface area contributed by atoms with Crippen molar-refractivity contribution in [2.24, 2.45) is 0 Å². The molecule has 110 valence electrons. The minimum atomic E-state index is -0.187. The molecular weight excluding hydrogens is 309 g/mol. The van der Waals surface area contributed by atoms with Crippen molar-refractivity contribution in [2.75, 3.05) is 24.3 Å². The molecule has 1 N–H and O–H groups in total. The first-order valence-corrected chi connectivity index (χ1v) is 7.13. The Morgan fingerprint density at radius 1 is 1.14 bits per heavy atom. The number of anilines is 2. The summed E-state index contributed by atoms with van der Waals surface area (Å²) in [6.45, 7) is 0.190. The standard InChI is InChI=1S/C15H15Cl2N3O/c1-19(2)11-6-8-20(9-7-11)10-14(21)18-15-12(16)4-3-5-13(15)17/h3-9H,10H2,1-2H3/p+1. The lowest BCUT2D eigenvalue weighted by Crippen LogP contribution is -2.39. The van der Waals surface area contributed by atoms with E-state index < -0.39 is 0 Å². The molecule has 0 aliphatic rings. The molecule has 0 aliphatic carbocycles. The Morgan fingerprint density at radius 2 is 1.71 bits per heavy atom. The summed E-state index contributed by atoms with van der Waals surface area (Å²) in [6.07, 6.45) is 3.70. The molecule has 1 heterocycles. The molecule has 4 nitrogen and oxygen atoms in total. The van der Waals surface area contributed by atoms with Crippen LogP contribution in [0.25, 0.3) is 0 Å². The number of aromatic nitrogens is 1. The molecule has 0 spiro atoms. The Hall–Kier alpha value is -1.78. The summed E-state index contributed by atoms with van der Waals surface area (Å²) in [5.74, 6) is -0.187. The van der Waals surface area contributed by atoms with E-state index in [-0.39, 0.29) is 12.5 Å². The van der Waals surface area contributed by atoms with Crippen LogP contribution in [0.4, 0.5) is 11.4 Å². The molecule has 0 fully saturated rings. The van der Waals surface area contributed by atoms with Gasteiger partial charge in [-0.2, -0.15) is 4.57 Å². The zero-order valence-corrected chi connectivity index (χ0v) is 13.3. The average molecular weight is 325 g/mol. The maximum Gasteiger partial charge on any atom is 0.290 e. The number of nitrogens with zero attached hydrogens (tertiary/aromatic N) is 2. The van der Waals surface area contributed by atoms with Crippen molar-refractivity contribution in [3.8, 4) is 0 Å². The van der Waals surface area contributed by atoms with Gasteiger partial charge in [-0.15, -0.1) is 0 Å². The molecule has 0 radical (unpaired) electrons. The minimum absolute atomic E-state index is 0.187. The maximum atomic E-state index is 12.0. The summed E-state index contributed by atoms with van der Waals surface area (Å²) in [6, 6.07) is 8.98. The van der Waals surface area contributed by atoms with E-state index >= 15 is 0 Å². The summed E-state index contributed by atoms with van der Waals surface area (Å²) in [7, 11) is 3.93. The fourth-order valence-electron chi connectivity index (χ4n) is 1.82. The van der Waals surface area contributed by atoms with Crippen molar-refractivity contribution < 1.29 is 9.36 Å². The molecule has 0 aliphatic heterocycles. The molecule has 1 aromatic heterocycles. The second kappa shape index (κ2) is 6.78. The van der Waals surface area contributed by atoms with E-state index in [1.807, 2.05) is 43.5 Å². The Morgan fingerprint density at radius 3 is 2.24 bits per heavy atom. The van der Waals surface area contributed by atoms with Gasteiger partial charge in [0.25, 0.3) is 5.91 Å². The number of carbonyl (C=O) groups is 1. The number of rotatable bonds is 4. The van der Waals surface area contributed by atoms with E-state index in [1.54, 1.807) is 22.8 Å². The summed E-state index contributed by atoms with van der Waals surface area (Å²) in [5, 5.41) is 3.57. The zero-order chi connectivity index (χ0) is 15.4. The van der Waals surface area contributed by atoms with Crippen LogP contribution in [-0.2, 0) is 11.3 Å². The lowest BCUT2D eigenvalue weighted by Gasteiger charge is -2.10. The van der Waals surface area contributed by atoms with Crippen LogP contribution in [0.5, 0.6) is 0 Å². The molecule has 0 saturated heterocycles. The minimum Gasteiger partial charge on any atom is -0.377 e. The fraction of sp³-hybridized carbons (Fsp3) is 0.200. The monoisotopic (exact) mass is 324 g/mol. The number of halogens is 2. The molecule has 1 aromatic carbocycles. The molecule has 21 heavy (non-hydrogen) atoms. The van der Waals surface area contributed by atoms with Crippen molar-refractivity contribution in [1.29, 1.82) is 0 Å².